The van der Waals surface area contributed by atoms with Crippen LogP contribution in [0.4, 0.5) is 14.9 Å². The van der Waals surface area contributed by atoms with Crippen molar-refractivity contribution in [2.24, 2.45) is 0 Å². The van der Waals surface area contributed by atoms with Gasteiger partial charge in [-0.15, -0.1) is 0 Å². The van der Waals surface area contributed by atoms with Gasteiger partial charge in [-0.05, 0) is 44.5 Å². The van der Waals surface area contributed by atoms with Gasteiger partial charge in [0.25, 0.3) is 0 Å². The summed E-state index contributed by atoms with van der Waals surface area (Å²) in [5.41, 5.74) is 0.812. The summed E-state index contributed by atoms with van der Waals surface area (Å²) >= 11 is 0. The number of hydrogen-bond donors (Lipinski definition) is 3. The minimum absolute atomic E-state index is 0.149. The average molecular weight is 427 g/mol. The van der Waals surface area contributed by atoms with Crippen molar-refractivity contribution in [3.8, 4) is 0 Å². The lowest BCUT2D eigenvalue weighted by Gasteiger charge is -2.19. The number of carbonyl (C=O) groups excluding carboxylic acids is 3. The zero-order valence-electron chi connectivity index (χ0n) is 17.7. The van der Waals surface area contributed by atoms with Crippen LogP contribution in [0, 0.1) is 5.82 Å². The fourth-order valence-corrected chi connectivity index (χ4v) is 2.47. The molecule has 0 aliphatic rings. The van der Waals surface area contributed by atoms with Crippen LogP contribution in [-0.4, -0.2) is 30.1 Å². The maximum atomic E-state index is 13.6. The third-order valence-corrected chi connectivity index (χ3v) is 3.86. The summed E-state index contributed by atoms with van der Waals surface area (Å²) in [6.07, 6.45) is 1.94. The van der Waals surface area contributed by atoms with Crippen molar-refractivity contribution in [3.05, 3.63) is 71.6 Å². The lowest BCUT2D eigenvalue weighted by atomic mass is 10.1. The maximum Gasteiger partial charge on any atom is 0.408 e. The molecule has 0 radical (unpaired) electrons. The van der Waals surface area contributed by atoms with Crippen LogP contribution in [0.2, 0.25) is 0 Å². The van der Waals surface area contributed by atoms with Crippen molar-refractivity contribution in [2.45, 2.75) is 32.9 Å². The number of ether oxygens (including phenoxy) is 1. The Bertz CT molecular complexity index is 967. The molecular weight excluding hydrogens is 401 g/mol. The fourth-order valence-electron chi connectivity index (χ4n) is 2.47. The predicted octanol–water partition coefficient (Wildman–Crippen LogP) is 3.62. The van der Waals surface area contributed by atoms with Crippen LogP contribution in [0.25, 0.3) is 6.08 Å². The van der Waals surface area contributed by atoms with Gasteiger partial charge in [0.1, 0.15) is 18.0 Å². The van der Waals surface area contributed by atoms with Gasteiger partial charge in [-0.1, -0.05) is 36.4 Å². The first-order valence-corrected chi connectivity index (χ1v) is 9.69. The van der Waals surface area contributed by atoms with E-state index >= 15 is 0 Å². The molecule has 8 heteroatoms. The summed E-state index contributed by atoms with van der Waals surface area (Å²) in [5.74, 6) is -1.26. The highest BCUT2D eigenvalue weighted by molar-refractivity contribution is 5.95. The zero-order chi connectivity index (χ0) is 22.9. The van der Waals surface area contributed by atoms with E-state index in [1.165, 1.54) is 18.2 Å². The quantitative estimate of drug-likeness (QED) is 0.588. The second-order valence-corrected chi connectivity index (χ2v) is 7.63. The van der Waals surface area contributed by atoms with Crippen LogP contribution in [0.3, 0.4) is 0 Å². The summed E-state index contributed by atoms with van der Waals surface area (Å²) < 4.78 is 18.7. The standard InChI is InChI=1S/C23H26FN3O4/c1-23(2,3)31-22(30)26-15-21(29)27-19-11-7-5-9-17(19)14-25-20(28)13-12-16-8-4-6-10-18(16)24/h4-13H,14-15H2,1-3H3,(H,25,28)(H,26,30)(H,27,29)/b13-12+. The Kier molecular flexibility index (Phi) is 8.31. The van der Waals surface area contributed by atoms with Crippen molar-refractivity contribution in [1.82, 2.24) is 10.6 Å². The van der Waals surface area contributed by atoms with Crippen LogP contribution in [0.5, 0.6) is 0 Å². The smallest absolute Gasteiger partial charge is 0.408 e. The first-order chi connectivity index (χ1) is 14.6. The van der Waals surface area contributed by atoms with E-state index in [1.807, 2.05) is 0 Å². The lowest BCUT2D eigenvalue weighted by Crippen LogP contribution is -2.37. The molecule has 2 rings (SSSR count). The number of halogens is 1. The summed E-state index contributed by atoms with van der Waals surface area (Å²) in [5, 5.41) is 7.76. The van der Waals surface area contributed by atoms with E-state index < -0.39 is 29.3 Å². The van der Waals surface area contributed by atoms with E-state index in [0.29, 0.717) is 16.8 Å². The first-order valence-electron chi connectivity index (χ1n) is 9.69. The van der Waals surface area contributed by atoms with Gasteiger partial charge in [0.15, 0.2) is 0 Å². The molecule has 0 saturated heterocycles. The number of alkyl carbamates (subject to hydrolysis) is 1. The van der Waals surface area contributed by atoms with E-state index in [1.54, 1.807) is 63.2 Å². The number of anilines is 1. The molecule has 3 amide bonds. The van der Waals surface area contributed by atoms with Crippen molar-refractivity contribution in [2.75, 3.05) is 11.9 Å². The molecule has 0 heterocycles. The Morgan fingerprint density at radius 2 is 1.68 bits per heavy atom. The number of amides is 3. The highest BCUT2D eigenvalue weighted by Gasteiger charge is 2.17. The molecule has 7 nitrogen and oxygen atoms in total. The largest absolute Gasteiger partial charge is 0.444 e. The second-order valence-electron chi connectivity index (χ2n) is 7.63. The third-order valence-electron chi connectivity index (χ3n) is 3.86. The number of hydrogen-bond acceptors (Lipinski definition) is 4. The van der Waals surface area contributed by atoms with Gasteiger partial charge in [-0.2, -0.15) is 0 Å². The van der Waals surface area contributed by atoms with Crippen molar-refractivity contribution in [1.29, 1.82) is 0 Å². The number of carbonyl (C=O) groups is 3. The molecule has 164 valence electrons. The van der Waals surface area contributed by atoms with E-state index in [4.69, 9.17) is 4.74 Å². The minimum Gasteiger partial charge on any atom is -0.444 e. The molecule has 0 bridgehead atoms. The molecular formula is C23H26FN3O4. The predicted molar refractivity (Wildman–Crippen MR) is 117 cm³/mol. The van der Waals surface area contributed by atoms with E-state index in [2.05, 4.69) is 16.0 Å². The normalized spacial score (nSPS) is 11.1. The Balaban J connectivity index is 1.88. The SMILES string of the molecule is CC(C)(C)OC(=O)NCC(=O)Nc1ccccc1CNC(=O)/C=C/c1ccccc1F. The molecule has 0 aliphatic heterocycles. The van der Waals surface area contributed by atoms with Gasteiger partial charge in [-0.25, -0.2) is 9.18 Å². The van der Waals surface area contributed by atoms with Gasteiger partial charge in [0, 0.05) is 23.9 Å². The van der Waals surface area contributed by atoms with Crippen molar-refractivity contribution in [3.63, 3.8) is 0 Å². The van der Waals surface area contributed by atoms with Crippen molar-refractivity contribution >= 4 is 29.7 Å². The Labute approximate surface area is 180 Å². The van der Waals surface area contributed by atoms with E-state index in [0.717, 1.165) is 0 Å². The van der Waals surface area contributed by atoms with Crippen molar-refractivity contribution < 1.29 is 23.5 Å². The van der Waals surface area contributed by atoms with Gasteiger partial charge < -0.3 is 20.7 Å². The molecule has 2 aromatic carbocycles. The summed E-state index contributed by atoms with van der Waals surface area (Å²) in [6, 6.07) is 13.1. The molecule has 2 aromatic rings. The molecule has 31 heavy (non-hydrogen) atoms. The number of rotatable bonds is 7. The Morgan fingerprint density at radius 3 is 2.39 bits per heavy atom. The van der Waals surface area contributed by atoms with E-state index in [-0.39, 0.29) is 13.1 Å². The molecule has 0 unspecified atom stereocenters. The fraction of sp³-hybridized carbons (Fsp3) is 0.261. The molecule has 3 N–H and O–H groups in total. The summed E-state index contributed by atoms with van der Waals surface area (Å²) in [4.78, 5) is 35.9. The highest BCUT2D eigenvalue weighted by atomic mass is 19.1. The monoisotopic (exact) mass is 427 g/mol. The van der Waals surface area contributed by atoms with E-state index in [9.17, 15) is 18.8 Å². The molecule has 0 saturated carbocycles. The average Bonchev–Trinajstić information content (AvgIpc) is 2.70. The molecule has 0 spiro atoms. The minimum atomic E-state index is -0.690. The summed E-state index contributed by atoms with van der Waals surface area (Å²) in [7, 11) is 0. The second kappa shape index (κ2) is 10.9. The van der Waals surface area contributed by atoms with Crippen LogP contribution in [-0.2, 0) is 20.9 Å². The first kappa shape index (κ1) is 23.6. The number of para-hydroxylation sites is 1. The van der Waals surface area contributed by atoms with Gasteiger partial charge in [0.05, 0.1) is 0 Å². The lowest BCUT2D eigenvalue weighted by molar-refractivity contribution is -0.116. The Hall–Kier alpha value is -3.68. The Morgan fingerprint density at radius 1 is 1.00 bits per heavy atom. The molecule has 0 aliphatic carbocycles. The number of nitrogens with one attached hydrogen (secondary N) is 3. The van der Waals surface area contributed by atoms with Gasteiger partial charge in [0.2, 0.25) is 11.8 Å². The molecule has 0 atom stereocenters. The molecule has 0 fully saturated rings. The zero-order valence-corrected chi connectivity index (χ0v) is 17.7. The van der Waals surface area contributed by atoms with Gasteiger partial charge in [-0.3, -0.25) is 9.59 Å². The van der Waals surface area contributed by atoms with Crippen LogP contribution in [0.15, 0.2) is 54.6 Å². The van der Waals surface area contributed by atoms with Gasteiger partial charge >= 0.3 is 6.09 Å². The summed E-state index contributed by atoms with van der Waals surface area (Å²) in [6.45, 7) is 5.06. The van der Waals surface area contributed by atoms with Crippen LogP contribution in [0.1, 0.15) is 31.9 Å². The third kappa shape index (κ3) is 8.69. The molecule has 0 aromatic heterocycles. The maximum absolute atomic E-state index is 13.6. The topological polar surface area (TPSA) is 96.5 Å². The highest BCUT2D eigenvalue weighted by Crippen LogP contribution is 2.15. The number of benzene rings is 2. The van der Waals surface area contributed by atoms with Crippen LogP contribution < -0.4 is 16.0 Å². The van der Waals surface area contributed by atoms with Crippen LogP contribution >= 0.6 is 0 Å².